The third-order valence-electron chi connectivity index (χ3n) is 3.73. The lowest BCUT2D eigenvalue weighted by Crippen LogP contribution is -2.44. The number of nitrogens with zero attached hydrogens (tertiary/aromatic N) is 4. The van der Waals surface area contributed by atoms with Crippen molar-refractivity contribution in [2.24, 2.45) is 5.92 Å². The molecule has 1 N–H and O–H groups in total. The fourth-order valence-electron chi connectivity index (χ4n) is 2.71. The van der Waals surface area contributed by atoms with E-state index < -0.39 is 17.6 Å². The van der Waals surface area contributed by atoms with Gasteiger partial charge in [0.2, 0.25) is 5.91 Å². The van der Waals surface area contributed by atoms with E-state index in [4.69, 9.17) is 0 Å². The summed E-state index contributed by atoms with van der Waals surface area (Å²) >= 11 is 0. The van der Waals surface area contributed by atoms with E-state index >= 15 is 0 Å². The van der Waals surface area contributed by atoms with Gasteiger partial charge in [-0.1, -0.05) is 0 Å². The van der Waals surface area contributed by atoms with Gasteiger partial charge >= 0.3 is 11.9 Å². The predicted octanol–water partition coefficient (Wildman–Crippen LogP) is 1.18. The van der Waals surface area contributed by atoms with Crippen molar-refractivity contribution in [3.63, 3.8) is 0 Å². The van der Waals surface area contributed by atoms with E-state index in [0.29, 0.717) is 13.0 Å². The number of nitro groups is 1. The van der Waals surface area contributed by atoms with Gasteiger partial charge in [-0.3, -0.25) is 24.5 Å². The van der Waals surface area contributed by atoms with Crippen LogP contribution in [0.3, 0.4) is 0 Å². The van der Waals surface area contributed by atoms with Crippen LogP contribution >= 0.6 is 0 Å². The standard InChI is InChI=1S/C13H18F3N5O3/c14-13(15,16)9-19-3-1-2-10(6-19)4-17-12(22)8-20-7-11(5-18-20)21(23)24/h5,7,10H,1-4,6,8-9H2,(H,17,22). The van der Waals surface area contributed by atoms with E-state index in [1.54, 1.807) is 0 Å². The Labute approximate surface area is 135 Å². The molecule has 1 amide bonds. The number of hydrogen-bond donors (Lipinski definition) is 1. The topological polar surface area (TPSA) is 93.3 Å². The largest absolute Gasteiger partial charge is 0.401 e. The third kappa shape index (κ3) is 5.80. The Morgan fingerprint density at radius 3 is 2.88 bits per heavy atom. The lowest BCUT2D eigenvalue weighted by Gasteiger charge is -2.33. The number of carbonyl (C=O) groups excluding carboxylic acids is 1. The Kier molecular flexibility index (Phi) is 5.75. The monoisotopic (exact) mass is 349 g/mol. The highest BCUT2D eigenvalue weighted by Gasteiger charge is 2.33. The number of nitrogens with one attached hydrogen (secondary N) is 1. The highest BCUT2D eigenvalue weighted by atomic mass is 19.4. The fourth-order valence-corrected chi connectivity index (χ4v) is 2.71. The van der Waals surface area contributed by atoms with Gasteiger partial charge in [-0.05, 0) is 25.3 Å². The first kappa shape index (κ1) is 18.2. The van der Waals surface area contributed by atoms with Gasteiger partial charge in [-0.25, -0.2) is 0 Å². The smallest absolute Gasteiger partial charge is 0.354 e. The highest BCUT2D eigenvalue weighted by Crippen LogP contribution is 2.22. The van der Waals surface area contributed by atoms with Gasteiger partial charge in [0.05, 0.1) is 11.5 Å². The molecule has 0 radical (unpaired) electrons. The van der Waals surface area contributed by atoms with Gasteiger partial charge in [-0.2, -0.15) is 18.3 Å². The van der Waals surface area contributed by atoms with Crippen LogP contribution in [0.15, 0.2) is 12.4 Å². The molecule has 1 unspecified atom stereocenters. The van der Waals surface area contributed by atoms with Gasteiger partial charge in [0.15, 0.2) is 0 Å². The van der Waals surface area contributed by atoms with Crippen molar-refractivity contribution in [3.8, 4) is 0 Å². The average molecular weight is 349 g/mol. The van der Waals surface area contributed by atoms with Gasteiger partial charge < -0.3 is 5.32 Å². The summed E-state index contributed by atoms with van der Waals surface area (Å²) in [6.45, 7) is -0.147. The summed E-state index contributed by atoms with van der Waals surface area (Å²) in [6.07, 6.45) is -0.627. The summed E-state index contributed by atoms with van der Waals surface area (Å²) in [7, 11) is 0. The Morgan fingerprint density at radius 1 is 1.50 bits per heavy atom. The summed E-state index contributed by atoms with van der Waals surface area (Å²) < 4.78 is 38.4. The summed E-state index contributed by atoms with van der Waals surface area (Å²) in [6, 6.07) is 0. The van der Waals surface area contributed by atoms with Crippen molar-refractivity contribution in [2.45, 2.75) is 25.6 Å². The maximum atomic E-state index is 12.4. The molecule has 8 nitrogen and oxygen atoms in total. The molecule has 0 spiro atoms. The molecule has 2 rings (SSSR count). The van der Waals surface area contributed by atoms with Crippen LogP contribution in [0.4, 0.5) is 18.9 Å². The zero-order valence-electron chi connectivity index (χ0n) is 12.8. The molecular weight excluding hydrogens is 331 g/mol. The van der Waals surface area contributed by atoms with Crippen LogP contribution in [-0.4, -0.2) is 57.9 Å². The van der Waals surface area contributed by atoms with Crippen molar-refractivity contribution in [3.05, 3.63) is 22.5 Å². The van der Waals surface area contributed by atoms with Crippen LogP contribution in [0, 0.1) is 16.0 Å². The number of piperidine rings is 1. The normalized spacial score (nSPS) is 19.2. The molecule has 1 aromatic heterocycles. The Bertz CT molecular complexity index is 590. The van der Waals surface area contributed by atoms with E-state index in [1.807, 2.05) is 0 Å². The molecule has 1 saturated heterocycles. The lowest BCUT2D eigenvalue weighted by molar-refractivity contribution is -0.385. The lowest BCUT2D eigenvalue weighted by atomic mass is 9.98. The predicted molar refractivity (Wildman–Crippen MR) is 77.1 cm³/mol. The minimum atomic E-state index is -4.22. The Hall–Kier alpha value is -2.17. The molecule has 0 bridgehead atoms. The third-order valence-corrected chi connectivity index (χ3v) is 3.73. The zero-order chi connectivity index (χ0) is 17.7. The van der Waals surface area contributed by atoms with Crippen molar-refractivity contribution in [1.29, 1.82) is 0 Å². The van der Waals surface area contributed by atoms with E-state index in [2.05, 4.69) is 10.4 Å². The van der Waals surface area contributed by atoms with Crippen LogP contribution in [0.1, 0.15) is 12.8 Å². The molecule has 134 valence electrons. The van der Waals surface area contributed by atoms with Crippen molar-refractivity contribution < 1.29 is 22.9 Å². The van der Waals surface area contributed by atoms with Gasteiger partial charge in [0, 0.05) is 13.1 Å². The highest BCUT2D eigenvalue weighted by molar-refractivity contribution is 5.75. The minimum Gasteiger partial charge on any atom is -0.354 e. The maximum Gasteiger partial charge on any atom is 0.401 e. The van der Waals surface area contributed by atoms with Crippen LogP contribution in [0.2, 0.25) is 0 Å². The molecular formula is C13H18F3N5O3. The van der Waals surface area contributed by atoms with E-state index in [1.165, 1.54) is 4.90 Å². The average Bonchev–Trinajstić information content (AvgIpc) is 2.92. The number of rotatable bonds is 6. The second-order valence-electron chi connectivity index (χ2n) is 5.82. The second-order valence-corrected chi connectivity index (χ2v) is 5.82. The molecule has 0 aromatic carbocycles. The number of carbonyl (C=O) groups is 1. The summed E-state index contributed by atoms with van der Waals surface area (Å²) in [5, 5.41) is 16.9. The SMILES string of the molecule is O=C(Cn1cc([N+](=O)[O-])cn1)NCC1CCCN(CC(F)(F)F)C1. The number of aromatic nitrogens is 2. The molecule has 1 aliphatic rings. The van der Waals surface area contributed by atoms with Gasteiger partial charge in [0.25, 0.3) is 0 Å². The van der Waals surface area contributed by atoms with E-state index in [-0.39, 0.29) is 37.1 Å². The summed E-state index contributed by atoms with van der Waals surface area (Å²) in [5.74, 6) is -0.432. The fraction of sp³-hybridized carbons (Fsp3) is 0.692. The summed E-state index contributed by atoms with van der Waals surface area (Å²) in [5.41, 5.74) is -0.210. The maximum absolute atomic E-state index is 12.4. The van der Waals surface area contributed by atoms with Crippen LogP contribution < -0.4 is 5.32 Å². The van der Waals surface area contributed by atoms with Crippen molar-refractivity contribution >= 4 is 11.6 Å². The number of amides is 1. The molecule has 11 heteroatoms. The molecule has 24 heavy (non-hydrogen) atoms. The van der Waals surface area contributed by atoms with Gasteiger partial charge in [-0.15, -0.1) is 0 Å². The number of hydrogen-bond acceptors (Lipinski definition) is 5. The molecule has 0 aliphatic carbocycles. The quantitative estimate of drug-likeness (QED) is 0.615. The Morgan fingerprint density at radius 2 is 2.25 bits per heavy atom. The number of halogens is 3. The summed E-state index contributed by atoms with van der Waals surface area (Å²) in [4.78, 5) is 23.1. The van der Waals surface area contributed by atoms with E-state index in [9.17, 15) is 28.1 Å². The molecule has 1 aliphatic heterocycles. The van der Waals surface area contributed by atoms with Crippen LogP contribution in [0.25, 0.3) is 0 Å². The van der Waals surface area contributed by atoms with Crippen molar-refractivity contribution in [2.75, 3.05) is 26.2 Å². The minimum absolute atomic E-state index is 0.0444. The van der Waals surface area contributed by atoms with E-state index in [0.717, 1.165) is 23.5 Å². The first-order chi connectivity index (χ1) is 11.2. The molecule has 0 saturated carbocycles. The molecule has 2 heterocycles. The first-order valence-corrected chi connectivity index (χ1v) is 7.45. The van der Waals surface area contributed by atoms with Crippen LogP contribution in [-0.2, 0) is 11.3 Å². The van der Waals surface area contributed by atoms with Gasteiger partial charge in [0.1, 0.15) is 18.9 Å². The zero-order valence-corrected chi connectivity index (χ0v) is 12.8. The second kappa shape index (κ2) is 7.60. The number of alkyl halides is 3. The Balaban J connectivity index is 1.75. The molecule has 1 fully saturated rings. The number of likely N-dealkylation sites (tertiary alicyclic amines) is 1. The molecule has 1 atom stereocenters. The van der Waals surface area contributed by atoms with Crippen LogP contribution in [0.5, 0.6) is 0 Å². The van der Waals surface area contributed by atoms with Crippen molar-refractivity contribution in [1.82, 2.24) is 20.0 Å². The molecule has 1 aromatic rings. The first-order valence-electron chi connectivity index (χ1n) is 7.45.